The molecule has 1 rings (SSSR count). The van der Waals surface area contributed by atoms with Crippen molar-refractivity contribution >= 4 is 23.7 Å². The van der Waals surface area contributed by atoms with Crippen LogP contribution in [0.3, 0.4) is 0 Å². The maximum atomic E-state index is 13.1. The lowest BCUT2D eigenvalue weighted by Gasteiger charge is -2.27. The average molecular weight is 521 g/mol. The van der Waals surface area contributed by atoms with Gasteiger partial charge in [-0.25, -0.2) is 4.39 Å². The van der Waals surface area contributed by atoms with Crippen molar-refractivity contribution in [2.75, 3.05) is 19.8 Å². The SMILES string of the molecule is CCOC(=O)CCCCCCC(CC#CC(COc1ccc(F)cc1)OC(C)=O)(C(C)=O)C(=O)OCC. The molecule has 2 atom stereocenters. The lowest BCUT2D eigenvalue weighted by atomic mass is 9.76. The second-order valence-electron chi connectivity index (χ2n) is 8.44. The smallest absolute Gasteiger partial charge is 0.320 e. The van der Waals surface area contributed by atoms with Gasteiger partial charge in [-0.3, -0.25) is 19.2 Å². The first-order valence-corrected chi connectivity index (χ1v) is 12.5. The normalized spacial score (nSPS) is 12.8. The van der Waals surface area contributed by atoms with Gasteiger partial charge in [0.2, 0.25) is 0 Å². The van der Waals surface area contributed by atoms with E-state index in [9.17, 15) is 23.6 Å². The van der Waals surface area contributed by atoms with E-state index in [1.54, 1.807) is 13.8 Å². The highest BCUT2D eigenvalue weighted by Crippen LogP contribution is 2.32. The molecule has 1 aromatic rings. The summed E-state index contributed by atoms with van der Waals surface area (Å²) in [5.74, 6) is 3.73. The fraction of sp³-hybridized carbons (Fsp3) is 0.571. The molecule has 204 valence electrons. The zero-order valence-corrected chi connectivity index (χ0v) is 22.1. The first-order valence-electron chi connectivity index (χ1n) is 12.5. The quantitative estimate of drug-likeness (QED) is 0.103. The number of ether oxygens (including phenoxy) is 4. The maximum Gasteiger partial charge on any atom is 0.320 e. The van der Waals surface area contributed by atoms with Gasteiger partial charge in [-0.2, -0.15) is 0 Å². The van der Waals surface area contributed by atoms with Gasteiger partial charge in [0.05, 0.1) is 13.2 Å². The van der Waals surface area contributed by atoms with Crippen LogP contribution in [0.2, 0.25) is 0 Å². The Labute approximate surface area is 218 Å². The van der Waals surface area contributed by atoms with Gasteiger partial charge in [-0.1, -0.05) is 31.1 Å². The van der Waals surface area contributed by atoms with E-state index < -0.39 is 29.3 Å². The van der Waals surface area contributed by atoms with E-state index in [1.807, 2.05) is 0 Å². The lowest BCUT2D eigenvalue weighted by Crippen LogP contribution is -2.39. The summed E-state index contributed by atoms with van der Waals surface area (Å²) in [7, 11) is 0. The van der Waals surface area contributed by atoms with Crippen LogP contribution in [0.5, 0.6) is 5.75 Å². The number of hydrogen-bond acceptors (Lipinski definition) is 8. The molecule has 0 N–H and O–H groups in total. The van der Waals surface area contributed by atoms with E-state index >= 15 is 0 Å². The Hall–Kier alpha value is -3.41. The molecule has 0 saturated heterocycles. The molecule has 0 aliphatic rings. The summed E-state index contributed by atoms with van der Waals surface area (Å²) in [6, 6.07) is 5.34. The molecule has 0 saturated carbocycles. The molecule has 0 bridgehead atoms. The summed E-state index contributed by atoms with van der Waals surface area (Å²) >= 11 is 0. The van der Waals surface area contributed by atoms with E-state index in [0.717, 1.165) is 6.42 Å². The molecule has 0 amide bonds. The standard InChI is InChI=1S/C28H37FO8/c1-5-34-26(32)13-9-7-8-10-18-28(21(3)30,27(33)35-6-2)19-11-12-25(37-22(4)31)20-36-24-16-14-23(29)15-17-24/h14-17,25H,5-10,13,18-20H2,1-4H3. The summed E-state index contributed by atoms with van der Waals surface area (Å²) in [5.41, 5.74) is -1.46. The highest BCUT2D eigenvalue weighted by molar-refractivity contribution is 6.03. The largest absolute Gasteiger partial charge is 0.489 e. The molecule has 2 unspecified atom stereocenters. The molecular formula is C28H37FO8. The summed E-state index contributed by atoms with van der Waals surface area (Å²) < 4.78 is 34.0. The van der Waals surface area contributed by atoms with Crippen molar-refractivity contribution in [3.8, 4) is 17.6 Å². The molecule has 9 heteroatoms. The molecule has 0 fully saturated rings. The van der Waals surface area contributed by atoms with E-state index in [2.05, 4.69) is 11.8 Å². The first-order chi connectivity index (χ1) is 17.6. The molecule has 0 aromatic heterocycles. The summed E-state index contributed by atoms with van der Waals surface area (Å²) in [5, 5.41) is 0. The lowest BCUT2D eigenvalue weighted by molar-refractivity contribution is -0.160. The Morgan fingerprint density at radius 2 is 1.59 bits per heavy atom. The van der Waals surface area contributed by atoms with E-state index in [1.165, 1.54) is 38.1 Å². The molecule has 1 aromatic carbocycles. The van der Waals surface area contributed by atoms with Crippen molar-refractivity contribution in [3.05, 3.63) is 30.1 Å². The van der Waals surface area contributed by atoms with Crippen LogP contribution in [0.4, 0.5) is 4.39 Å². The van der Waals surface area contributed by atoms with Crippen LogP contribution in [0.25, 0.3) is 0 Å². The van der Waals surface area contributed by atoms with Crippen LogP contribution < -0.4 is 4.74 Å². The van der Waals surface area contributed by atoms with Gasteiger partial charge in [0.15, 0.2) is 6.10 Å². The van der Waals surface area contributed by atoms with Crippen molar-refractivity contribution in [3.63, 3.8) is 0 Å². The second-order valence-corrected chi connectivity index (χ2v) is 8.44. The minimum absolute atomic E-state index is 0.113. The number of benzene rings is 1. The number of rotatable bonds is 16. The van der Waals surface area contributed by atoms with Crippen molar-refractivity contribution in [1.82, 2.24) is 0 Å². The van der Waals surface area contributed by atoms with Crippen molar-refractivity contribution < 1.29 is 42.5 Å². The van der Waals surface area contributed by atoms with Gasteiger partial charge >= 0.3 is 17.9 Å². The van der Waals surface area contributed by atoms with Gasteiger partial charge in [0, 0.05) is 19.8 Å². The highest BCUT2D eigenvalue weighted by atomic mass is 19.1. The Kier molecular flexibility index (Phi) is 14.6. The second kappa shape index (κ2) is 17.1. The number of hydrogen-bond donors (Lipinski definition) is 0. The van der Waals surface area contributed by atoms with Crippen molar-refractivity contribution in [1.29, 1.82) is 0 Å². The fourth-order valence-corrected chi connectivity index (χ4v) is 3.58. The zero-order valence-electron chi connectivity index (χ0n) is 22.1. The van der Waals surface area contributed by atoms with Crippen LogP contribution in [-0.2, 0) is 33.4 Å². The maximum absolute atomic E-state index is 13.1. The fourth-order valence-electron chi connectivity index (χ4n) is 3.58. The van der Waals surface area contributed by atoms with Gasteiger partial charge in [0.1, 0.15) is 29.4 Å². The number of halogens is 1. The molecule has 37 heavy (non-hydrogen) atoms. The molecule has 0 radical (unpaired) electrons. The summed E-state index contributed by atoms with van der Waals surface area (Å²) in [6.07, 6.45) is 2.16. The summed E-state index contributed by atoms with van der Waals surface area (Å²) in [6.45, 7) is 6.32. The van der Waals surface area contributed by atoms with Crippen LogP contribution in [-0.4, -0.2) is 49.6 Å². The van der Waals surface area contributed by atoms with Gasteiger partial charge in [0.25, 0.3) is 0 Å². The molecule has 0 spiro atoms. The number of ketones is 1. The molecule has 0 heterocycles. The van der Waals surface area contributed by atoms with Crippen LogP contribution in [0.1, 0.15) is 72.6 Å². The minimum Gasteiger partial charge on any atom is -0.489 e. The van der Waals surface area contributed by atoms with Gasteiger partial charge in [-0.15, -0.1) is 0 Å². The molecule has 0 aliphatic carbocycles. The third-order valence-electron chi connectivity index (χ3n) is 5.56. The number of unbranched alkanes of at least 4 members (excludes halogenated alkanes) is 3. The predicted octanol–water partition coefficient (Wildman–Crippen LogP) is 4.57. The Morgan fingerprint density at radius 3 is 2.19 bits per heavy atom. The number of Topliss-reactive ketones (excluding diaryl/α,β-unsaturated/α-hetero) is 1. The predicted molar refractivity (Wildman–Crippen MR) is 134 cm³/mol. The Bertz CT molecular complexity index is 947. The average Bonchev–Trinajstić information content (AvgIpc) is 2.84. The topological polar surface area (TPSA) is 105 Å². The van der Waals surface area contributed by atoms with E-state index in [0.29, 0.717) is 38.0 Å². The Morgan fingerprint density at radius 1 is 0.946 bits per heavy atom. The van der Waals surface area contributed by atoms with Gasteiger partial charge < -0.3 is 18.9 Å². The van der Waals surface area contributed by atoms with Crippen molar-refractivity contribution in [2.45, 2.75) is 78.7 Å². The first kappa shape index (κ1) is 31.6. The number of esters is 3. The van der Waals surface area contributed by atoms with Crippen LogP contribution in [0.15, 0.2) is 24.3 Å². The molecular weight excluding hydrogens is 483 g/mol. The summed E-state index contributed by atoms with van der Waals surface area (Å²) in [4.78, 5) is 48.5. The zero-order chi connectivity index (χ0) is 27.7. The number of carbonyl (C=O) groups excluding carboxylic acids is 4. The third-order valence-corrected chi connectivity index (χ3v) is 5.56. The highest BCUT2D eigenvalue weighted by Gasteiger charge is 2.43. The minimum atomic E-state index is -1.46. The van der Waals surface area contributed by atoms with Crippen LogP contribution >= 0.6 is 0 Å². The molecule has 8 nitrogen and oxygen atoms in total. The van der Waals surface area contributed by atoms with Crippen LogP contribution in [0, 0.1) is 23.1 Å². The van der Waals surface area contributed by atoms with E-state index in [-0.39, 0.29) is 37.8 Å². The van der Waals surface area contributed by atoms with Gasteiger partial charge in [-0.05, 0) is 57.9 Å². The molecule has 0 aliphatic heterocycles. The van der Waals surface area contributed by atoms with E-state index in [4.69, 9.17) is 18.9 Å². The Balaban J connectivity index is 2.88. The third kappa shape index (κ3) is 11.9. The monoisotopic (exact) mass is 520 g/mol. The van der Waals surface area contributed by atoms with Crippen molar-refractivity contribution in [2.24, 2.45) is 5.41 Å². The number of carbonyl (C=O) groups is 4.